The van der Waals surface area contributed by atoms with Gasteiger partial charge in [0.25, 0.3) is 11.5 Å². The standard InChI is InChI=1S/C28H28ClN5O3S2/c1-18-5-3-9-33-24(18)30-25(32-12-10-31(11-13-32)20-7-2-6-19(29)15-20)22(26(33)35)16-23-27(36)34(28(38)39-23)17-21-8-4-14-37-21/h2-3,5-7,9,15-16,21H,4,8,10-14,17H2,1H3/b23-16-. The van der Waals surface area contributed by atoms with Gasteiger partial charge in [0.05, 0.1) is 23.1 Å². The summed E-state index contributed by atoms with van der Waals surface area (Å²) >= 11 is 13.0. The number of hydrogen-bond donors (Lipinski definition) is 0. The molecule has 39 heavy (non-hydrogen) atoms. The molecule has 11 heteroatoms. The van der Waals surface area contributed by atoms with Crippen molar-refractivity contribution in [2.24, 2.45) is 0 Å². The summed E-state index contributed by atoms with van der Waals surface area (Å²) in [4.78, 5) is 38.6. The lowest BCUT2D eigenvalue weighted by atomic mass is 10.2. The number of halogens is 1. The molecule has 0 spiro atoms. The Morgan fingerprint density at radius 2 is 1.95 bits per heavy atom. The molecule has 202 valence electrons. The first-order valence-corrected chi connectivity index (χ1v) is 14.6. The minimum atomic E-state index is -0.208. The molecule has 0 saturated carbocycles. The molecule has 0 bridgehead atoms. The first-order valence-electron chi connectivity index (χ1n) is 13.0. The minimum absolute atomic E-state index is 0.00543. The fourth-order valence-corrected chi connectivity index (χ4v) is 6.74. The van der Waals surface area contributed by atoms with Crippen molar-refractivity contribution in [3.8, 4) is 0 Å². The van der Waals surface area contributed by atoms with Crippen LogP contribution >= 0.6 is 35.6 Å². The molecular weight excluding hydrogens is 554 g/mol. The summed E-state index contributed by atoms with van der Waals surface area (Å²) in [5.41, 5.74) is 2.77. The second-order valence-corrected chi connectivity index (χ2v) is 12.0. The summed E-state index contributed by atoms with van der Waals surface area (Å²) in [6, 6.07) is 11.6. The SMILES string of the molecule is Cc1cccn2c(=O)c(/C=C3\SC(=S)N(CC4CCCO4)C3=O)c(N3CCN(c4cccc(Cl)c4)CC3)nc12. The number of piperazine rings is 1. The van der Waals surface area contributed by atoms with Crippen molar-refractivity contribution in [3.63, 3.8) is 0 Å². The number of rotatable bonds is 5. The second kappa shape index (κ2) is 10.9. The van der Waals surface area contributed by atoms with Crippen molar-refractivity contribution in [2.75, 3.05) is 49.1 Å². The van der Waals surface area contributed by atoms with E-state index in [2.05, 4.69) is 15.9 Å². The second-order valence-electron chi connectivity index (χ2n) is 9.92. The van der Waals surface area contributed by atoms with Crippen LogP contribution in [-0.2, 0) is 9.53 Å². The number of anilines is 2. The van der Waals surface area contributed by atoms with Crippen LogP contribution in [0, 0.1) is 6.92 Å². The van der Waals surface area contributed by atoms with E-state index in [1.807, 2.05) is 37.3 Å². The number of pyridine rings is 1. The van der Waals surface area contributed by atoms with E-state index in [9.17, 15) is 9.59 Å². The number of fused-ring (bicyclic) bond motifs is 1. The van der Waals surface area contributed by atoms with Gasteiger partial charge in [0, 0.05) is 49.7 Å². The third-order valence-electron chi connectivity index (χ3n) is 7.38. The van der Waals surface area contributed by atoms with E-state index in [1.54, 1.807) is 21.6 Å². The van der Waals surface area contributed by atoms with Crippen LogP contribution in [0.5, 0.6) is 0 Å². The van der Waals surface area contributed by atoms with Gasteiger partial charge in [0.1, 0.15) is 15.8 Å². The fourth-order valence-electron chi connectivity index (χ4n) is 5.30. The lowest BCUT2D eigenvalue weighted by Gasteiger charge is -2.37. The predicted octanol–water partition coefficient (Wildman–Crippen LogP) is 4.36. The molecule has 1 aromatic carbocycles. The Bertz CT molecular complexity index is 1540. The quantitative estimate of drug-likeness (QED) is 0.325. The Labute approximate surface area is 241 Å². The smallest absolute Gasteiger partial charge is 0.267 e. The maximum absolute atomic E-state index is 13.8. The van der Waals surface area contributed by atoms with Gasteiger partial charge in [0.15, 0.2) is 0 Å². The molecule has 3 aromatic rings. The van der Waals surface area contributed by atoms with Crippen molar-refractivity contribution in [3.05, 3.63) is 74.0 Å². The summed E-state index contributed by atoms with van der Waals surface area (Å²) in [5, 5.41) is 0.703. The molecule has 0 radical (unpaired) electrons. The maximum Gasteiger partial charge on any atom is 0.267 e. The monoisotopic (exact) mass is 581 g/mol. The highest BCUT2D eigenvalue weighted by molar-refractivity contribution is 8.26. The summed E-state index contributed by atoms with van der Waals surface area (Å²) < 4.78 is 7.77. The van der Waals surface area contributed by atoms with E-state index < -0.39 is 0 Å². The van der Waals surface area contributed by atoms with Gasteiger partial charge in [0.2, 0.25) is 0 Å². The molecule has 3 fully saturated rings. The summed E-state index contributed by atoms with van der Waals surface area (Å²) in [5.74, 6) is 0.399. The third kappa shape index (κ3) is 5.18. The molecule has 3 aliphatic heterocycles. The average Bonchev–Trinajstić information content (AvgIpc) is 3.55. The lowest BCUT2D eigenvalue weighted by Crippen LogP contribution is -2.47. The summed E-state index contributed by atoms with van der Waals surface area (Å²) in [7, 11) is 0. The summed E-state index contributed by atoms with van der Waals surface area (Å²) in [6.07, 6.45) is 5.30. The highest BCUT2D eigenvalue weighted by Crippen LogP contribution is 2.35. The molecule has 2 aromatic heterocycles. The molecule has 3 saturated heterocycles. The number of nitrogens with zero attached hydrogens (tertiary/aromatic N) is 5. The number of thioether (sulfide) groups is 1. The van der Waals surface area contributed by atoms with E-state index in [0.717, 1.165) is 37.2 Å². The third-order valence-corrected chi connectivity index (χ3v) is 8.99. The predicted molar refractivity (Wildman–Crippen MR) is 161 cm³/mol. The number of amides is 1. The average molecular weight is 582 g/mol. The van der Waals surface area contributed by atoms with Crippen LogP contribution < -0.4 is 15.4 Å². The molecule has 1 unspecified atom stereocenters. The van der Waals surface area contributed by atoms with E-state index in [4.69, 9.17) is 33.5 Å². The molecular formula is C28H28ClN5O3S2. The lowest BCUT2D eigenvalue weighted by molar-refractivity contribution is -0.123. The zero-order chi connectivity index (χ0) is 27.1. The van der Waals surface area contributed by atoms with Crippen LogP contribution in [0.2, 0.25) is 5.02 Å². The van der Waals surface area contributed by atoms with Gasteiger partial charge >= 0.3 is 0 Å². The van der Waals surface area contributed by atoms with Crippen molar-refractivity contribution < 1.29 is 9.53 Å². The van der Waals surface area contributed by atoms with E-state index >= 15 is 0 Å². The van der Waals surface area contributed by atoms with E-state index in [1.165, 1.54) is 11.8 Å². The minimum Gasteiger partial charge on any atom is -0.376 e. The first-order chi connectivity index (χ1) is 18.9. The van der Waals surface area contributed by atoms with Crippen LogP contribution in [0.4, 0.5) is 11.5 Å². The zero-order valence-electron chi connectivity index (χ0n) is 21.5. The molecule has 1 atom stereocenters. The van der Waals surface area contributed by atoms with Gasteiger partial charge in [-0.3, -0.25) is 18.9 Å². The van der Waals surface area contributed by atoms with Crippen LogP contribution in [0.25, 0.3) is 11.7 Å². The molecule has 0 N–H and O–H groups in total. The van der Waals surface area contributed by atoms with Crippen molar-refractivity contribution in [2.45, 2.75) is 25.9 Å². The molecule has 1 amide bonds. The fraction of sp³-hybridized carbons (Fsp3) is 0.357. The van der Waals surface area contributed by atoms with Gasteiger partial charge in [-0.05, 0) is 55.7 Å². The number of aromatic nitrogens is 2. The Morgan fingerprint density at radius 1 is 1.15 bits per heavy atom. The molecule has 6 rings (SSSR count). The van der Waals surface area contributed by atoms with Gasteiger partial charge < -0.3 is 14.5 Å². The Hall–Kier alpha value is -2.92. The molecule has 8 nitrogen and oxygen atoms in total. The van der Waals surface area contributed by atoms with Crippen LogP contribution in [0.3, 0.4) is 0 Å². The van der Waals surface area contributed by atoms with E-state index in [0.29, 0.717) is 57.5 Å². The Kier molecular flexibility index (Phi) is 7.37. The Morgan fingerprint density at radius 3 is 2.69 bits per heavy atom. The van der Waals surface area contributed by atoms with Crippen molar-refractivity contribution in [1.82, 2.24) is 14.3 Å². The number of carbonyl (C=O) groups is 1. The van der Waals surface area contributed by atoms with Gasteiger partial charge in [-0.2, -0.15) is 0 Å². The van der Waals surface area contributed by atoms with E-state index in [-0.39, 0.29) is 17.6 Å². The number of ether oxygens (including phenoxy) is 1. The zero-order valence-corrected chi connectivity index (χ0v) is 23.9. The van der Waals surface area contributed by atoms with Crippen LogP contribution in [0.15, 0.2) is 52.3 Å². The normalized spacial score (nSPS) is 21.1. The van der Waals surface area contributed by atoms with Gasteiger partial charge in [-0.1, -0.05) is 47.7 Å². The van der Waals surface area contributed by atoms with Gasteiger partial charge in [-0.25, -0.2) is 4.98 Å². The Balaban J connectivity index is 1.35. The highest BCUT2D eigenvalue weighted by Gasteiger charge is 2.35. The number of benzene rings is 1. The molecule has 5 heterocycles. The van der Waals surface area contributed by atoms with Crippen molar-refractivity contribution >= 4 is 69.0 Å². The van der Waals surface area contributed by atoms with Crippen LogP contribution in [-0.4, -0.2) is 69.9 Å². The number of hydrogen-bond acceptors (Lipinski definition) is 8. The summed E-state index contributed by atoms with van der Waals surface area (Å²) in [6.45, 7) is 5.93. The molecule has 3 aliphatic rings. The number of aryl methyl sites for hydroxylation is 1. The first kappa shape index (κ1) is 26.3. The van der Waals surface area contributed by atoms with Crippen molar-refractivity contribution in [1.29, 1.82) is 0 Å². The largest absolute Gasteiger partial charge is 0.376 e. The number of thiocarbonyl (C=S) groups is 1. The van der Waals surface area contributed by atoms with Gasteiger partial charge in [-0.15, -0.1) is 0 Å². The topological polar surface area (TPSA) is 70.4 Å². The maximum atomic E-state index is 13.8. The highest BCUT2D eigenvalue weighted by atomic mass is 35.5. The van der Waals surface area contributed by atoms with Crippen LogP contribution in [0.1, 0.15) is 24.0 Å². The number of carbonyl (C=O) groups excluding carboxylic acids is 1. The molecule has 0 aliphatic carbocycles.